The number of halogens is 2. The van der Waals surface area contributed by atoms with E-state index in [4.69, 9.17) is 0 Å². The lowest BCUT2D eigenvalue weighted by atomic mass is 10.1. The van der Waals surface area contributed by atoms with Crippen molar-refractivity contribution in [2.75, 3.05) is 20.6 Å². The molecule has 0 N–H and O–H groups in total. The molecule has 0 saturated carbocycles. The van der Waals surface area contributed by atoms with Gasteiger partial charge in [-0.1, -0.05) is 28.1 Å². The van der Waals surface area contributed by atoms with E-state index < -0.39 is 0 Å². The number of hydrogen-bond donors (Lipinski definition) is 0. The van der Waals surface area contributed by atoms with Crippen LogP contribution in [0.4, 0.5) is 0 Å². The smallest absolute Gasteiger partial charge is 0.212 e. The molecule has 2 aromatic rings. The van der Waals surface area contributed by atoms with Gasteiger partial charge in [0.05, 0.1) is 17.2 Å². The normalized spacial score (nSPS) is 11.1. The van der Waals surface area contributed by atoms with Crippen LogP contribution in [-0.4, -0.2) is 41.1 Å². The first kappa shape index (κ1) is 16.4. The molecule has 0 aliphatic carbocycles. The molecule has 0 bridgehead atoms. The van der Waals surface area contributed by atoms with E-state index >= 15 is 0 Å². The SMILES string of the molecule is Cc1ccc(C(=O)c2c(Br)cnn2CCN(C)C)cc1Br. The Morgan fingerprint density at radius 2 is 2.00 bits per heavy atom. The molecule has 0 aliphatic heterocycles. The van der Waals surface area contributed by atoms with Gasteiger partial charge in [-0.3, -0.25) is 9.48 Å². The first-order chi connectivity index (χ1) is 9.90. The number of rotatable bonds is 5. The maximum atomic E-state index is 12.7. The van der Waals surface area contributed by atoms with Gasteiger partial charge in [-0.2, -0.15) is 5.10 Å². The molecular weight excluding hydrogens is 398 g/mol. The van der Waals surface area contributed by atoms with Gasteiger partial charge in [0, 0.05) is 16.6 Å². The van der Waals surface area contributed by atoms with Crippen LogP contribution in [0.3, 0.4) is 0 Å². The molecule has 0 spiro atoms. The van der Waals surface area contributed by atoms with E-state index in [-0.39, 0.29) is 5.78 Å². The highest BCUT2D eigenvalue weighted by molar-refractivity contribution is 9.10. The number of benzene rings is 1. The summed E-state index contributed by atoms with van der Waals surface area (Å²) in [5, 5.41) is 4.28. The zero-order valence-corrected chi connectivity index (χ0v) is 15.4. The van der Waals surface area contributed by atoms with Crippen LogP contribution in [0.2, 0.25) is 0 Å². The molecule has 0 saturated heterocycles. The maximum Gasteiger partial charge on any atom is 0.212 e. The Kier molecular flexibility index (Phi) is 5.35. The molecule has 0 fully saturated rings. The van der Waals surface area contributed by atoms with Crippen LogP contribution in [0.5, 0.6) is 0 Å². The summed E-state index contributed by atoms with van der Waals surface area (Å²) in [7, 11) is 3.99. The van der Waals surface area contributed by atoms with Crippen molar-refractivity contribution in [1.29, 1.82) is 0 Å². The zero-order chi connectivity index (χ0) is 15.6. The number of aryl methyl sites for hydroxylation is 1. The van der Waals surface area contributed by atoms with Gasteiger partial charge >= 0.3 is 0 Å². The molecule has 0 radical (unpaired) electrons. The predicted octanol–water partition coefficient (Wildman–Crippen LogP) is 3.51. The molecule has 0 amide bonds. The van der Waals surface area contributed by atoms with E-state index in [2.05, 4.69) is 41.9 Å². The van der Waals surface area contributed by atoms with E-state index in [0.29, 0.717) is 17.8 Å². The highest BCUT2D eigenvalue weighted by Gasteiger charge is 2.19. The Bertz CT molecular complexity index is 665. The Labute approximate surface area is 141 Å². The molecule has 0 atom stereocenters. The second kappa shape index (κ2) is 6.85. The summed E-state index contributed by atoms with van der Waals surface area (Å²) in [5.41, 5.74) is 2.35. The number of hydrogen-bond acceptors (Lipinski definition) is 3. The lowest BCUT2D eigenvalue weighted by Gasteiger charge is -2.12. The van der Waals surface area contributed by atoms with Crippen LogP contribution < -0.4 is 0 Å². The number of aromatic nitrogens is 2. The minimum Gasteiger partial charge on any atom is -0.308 e. The second-order valence-electron chi connectivity index (χ2n) is 5.16. The van der Waals surface area contributed by atoms with Crippen molar-refractivity contribution in [3.63, 3.8) is 0 Å². The number of ketones is 1. The average Bonchev–Trinajstić information content (AvgIpc) is 2.80. The number of likely N-dealkylation sites (N-methyl/N-ethyl adjacent to an activating group) is 1. The van der Waals surface area contributed by atoms with Gasteiger partial charge in [-0.15, -0.1) is 0 Å². The third kappa shape index (κ3) is 3.81. The minimum atomic E-state index is -0.0289. The van der Waals surface area contributed by atoms with Crippen LogP contribution >= 0.6 is 31.9 Å². The Morgan fingerprint density at radius 3 is 2.62 bits per heavy atom. The third-order valence-corrected chi connectivity index (χ3v) is 4.64. The monoisotopic (exact) mass is 413 g/mol. The molecule has 1 aromatic carbocycles. The Hall–Kier alpha value is -0.980. The fourth-order valence-corrected chi connectivity index (χ4v) is 2.78. The van der Waals surface area contributed by atoms with Gasteiger partial charge in [-0.05, 0) is 48.6 Å². The number of carbonyl (C=O) groups is 1. The fraction of sp³-hybridized carbons (Fsp3) is 0.333. The van der Waals surface area contributed by atoms with E-state index in [1.807, 2.05) is 39.2 Å². The molecule has 112 valence electrons. The van der Waals surface area contributed by atoms with Crippen molar-refractivity contribution < 1.29 is 4.79 Å². The van der Waals surface area contributed by atoms with Crippen molar-refractivity contribution in [2.24, 2.45) is 0 Å². The highest BCUT2D eigenvalue weighted by atomic mass is 79.9. The fourth-order valence-electron chi connectivity index (χ4n) is 1.92. The topological polar surface area (TPSA) is 38.1 Å². The van der Waals surface area contributed by atoms with Crippen molar-refractivity contribution >= 4 is 37.6 Å². The molecular formula is C15H17Br2N3O. The molecule has 21 heavy (non-hydrogen) atoms. The van der Waals surface area contributed by atoms with E-state index in [0.717, 1.165) is 21.1 Å². The van der Waals surface area contributed by atoms with E-state index in [1.54, 1.807) is 10.9 Å². The first-order valence-corrected chi connectivity index (χ1v) is 8.15. The van der Waals surface area contributed by atoms with Crippen molar-refractivity contribution in [1.82, 2.24) is 14.7 Å². The van der Waals surface area contributed by atoms with Crippen molar-refractivity contribution in [2.45, 2.75) is 13.5 Å². The molecule has 0 unspecified atom stereocenters. The lowest BCUT2D eigenvalue weighted by Crippen LogP contribution is -2.21. The van der Waals surface area contributed by atoms with Crippen LogP contribution in [0.25, 0.3) is 0 Å². The standard InChI is InChI=1S/C15H17Br2N3O/c1-10-4-5-11(8-12(10)16)15(21)14-13(17)9-18-20(14)7-6-19(2)3/h4-5,8-9H,6-7H2,1-3H3. The summed E-state index contributed by atoms with van der Waals surface area (Å²) in [4.78, 5) is 14.8. The van der Waals surface area contributed by atoms with Crippen LogP contribution in [-0.2, 0) is 6.54 Å². The highest BCUT2D eigenvalue weighted by Crippen LogP contribution is 2.23. The Morgan fingerprint density at radius 1 is 1.29 bits per heavy atom. The largest absolute Gasteiger partial charge is 0.308 e. The summed E-state index contributed by atoms with van der Waals surface area (Å²) in [6.07, 6.45) is 1.67. The van der Waals surface area contributed by atoms with Crippen LogP contribution in [0.1, 0.15) is 21.6 Å². The molecule has 4 nitrogen and oxygen atoms in total. The van der Waals surface area contributed by atoms with Crippen LogP contribution in [0, 0.1) is 6.92 Å². The molecule has 0 aliphatic rings. The van der Waals surface area contributed by atoms with E-state index in [1.165, 1.54) is 0 Å². The quantitative estimate of drug-likeness (QED) is 0.702. The van der Waals surface area contributed by atoms with Crippen LogP contribution in [0.15, 0.2) is 33.3 Å². The first-order valence-electron chi connectivity index (χ1n) is 6.57. The third-order valence-electron chi connectivity index (χ3n) is 3.20. The average molecular weight is 415 g/mol. The maximum absolute atomic E-state index is 12.7. The van der Waals surface area contributed by atoms with Gasteiger partial charge in [0.15, 0.2) is 0 Å². The Balaban J connectivity index is 2.34. The second-order valence-corrected chi connectivity index (χ2v) is 6.87. The summed E-state index contributed by atoms with van der Waals surface area (Å²) in [6, 6.07) is 5.64. The van der Waals surface area contributed by atoms with Crippen molar-refractivity contribution in [3.8, 4) is 0 Å². The zero-order valence-electron chi connectivity index (χ0n) is 12.2. The van der Waals surface area contributed by atoms with Gasteiger partial charge in [0.25, 0.3) is 0 Å². The molecule has 6 heteroatoms. The predicted molar refractivity (Wildman–Crippen MR) is 90.8 cm³/mol. The van der Waals surface area contributed by atoms with E-state index in [9.17, 15) is 4.79 Å². The van der Waals surface area contributed by atoms with Gasteiger partial charge < -0.3 is 4.90 Å². The van der Waals surface area contributed by atoms with Gasteiger partial charge in [0.1, 0.15) is 5.69 Å². The van der Waals surface area contributed by atoms with Gasteiger partial charge in [0.2, 0.25) is 5.78 Å². The minimum absolute atomic E-state index is 0.0289. The van der Waals surface area contributed by atoms with Gasteiger partial charge in [-0.25, -0.2) is 0 Å². The molecule has 2 rings (SSSR count). The molecule has 1 aromatic heterocycles. The summed E-state index contributed by atoms with van der Waals surface area (Å²) in [6.45, 7) is 3.49. The number of nitrogens with zero attached hydrogens (tertiary/aromatic N) is 3. The summed E-state index contributed by atoms with van der Waals surface area (Å²) in [5.74, 6) is -0.0289. The lowest BCUT2D eigenvalue weighted by molar-refractivity contribution is 0.102. The number of carbonyl (C=O) groups excluding carboxylic acids is 1. The summed E-state index contributed by atoms with van der Waals surface area (Å²) < 4.78 is 3.41. The summed E-state index contributed by atoms with van der Waals surface area (Å²) >= 11 is 6.90. The molecule has 1 heterocycles. The van der Waals surface area contributed by atoms with Crippen molar-refractivity contribution in [3.05, 3.63) is 50.2 Å².